The van der Waals surface area contributed by atoms with Crippen LogP contribution >= 0.6 is 0 Å². The molecule has 0 amide bonds. The first-order valence-electron chi connectivity index (χ1n) is 10.2. The maximum absolute atomic E-state index is 13.7. The Bertz CT molecular complexity index is 1250. The summed E-state index contributed by atoms with van der Waals surface area (Å²) in [6.45, 7) is 2.88. The topological polar surface area (TPSA) is 83.8 Å². The highest BCUT2D eigenvalue weighted by Crippen LogP contribution is 2.39. The SMILES string of the molecule is FC(F)(F)c1ccccc1-c1nc([N-]c2n[nH]c3ccccc23)cc(N2CCNCC2)n1. The fourth-order valence-corrected chi connectivity index (χ4v) is 3.72. The van der Waals surface area contributed by atoms with Crippen LogP contribution in [0.3, 0.4) is 0 Å². The summed E-state index contributed by atoms with van der Waals surface area (Å²) in [6.07, 6.45) is -4.53. The number of aromatic nitrogens is 4. The second kappa shape index (κ2) is 8.12. The van der Waals surface area contributed by atoms with Crippen molar-refractivity contribution in [3.63, 3.8) is 0 Å². The van der Waals surface area contributed by atoms with Crippen LogP contribution in [0, 0.1) is 0 Å². The van der Waals surface area contributed by atoms with Gasteiger partial charge in [0.15, 0.2) is 0 Å². The lowest BCUT2D eigenvalue weighted by atomic mass is 10.1. The van der Waals surface area contributed by atoms with E-state index in [0.29, 0.717) is 24.7 Å². The van der Waals surface area contributed by atoms with Gasteiger partial charge in [-0.15, -0.1) is 0 Å². The van der Waals surface area contributed by atoms with E-state index in [4.69, 9.17) is 0 Å². The van der Waals surface area contributed by atoms with Gasteiger partial charge >= 0.3 is 6.18 Å². The van der Waals surface area contributed by atoms with Gasteiger partial charge < -0.3 is 25.6 Å². The monoisotopic (exact) mass is 438 g/mol. The second-order valence-corrected chi connectivity index (χ2v) is 7.39. The number of nitrogens with zero attached hydrogens (tertiary/aromatic N) is 5. The van der Waals surface area contributed by atoms with E-state index in [2.05, 4.69) is 30.8 Å². The van der Waals surface area contributed by atoms with E-state index in [1.807, 2.05) is 29.2 Å². The molecule has 0 radical (unpaired) electrons. The molecule has 2 aromatic heterocycles. The van der Waals surface area contributed by atoms with Crippen molar-refractivity contribution < 1.29 is 13.2 Å². The Hall–Kier alpha value is -3.66. The summed E-state index contributed by atoms with van der Waals surface area (Å²) in [6, 6.07) is 14.5. The Labute approximate surface area is 181 Å². The predicted molar refractivity (Wildman–Crippen MR) is 116 cm³/mol. The zero-order chi connectivity index (χ0) is 22.1. The maximum Gasteiger partial charge on any atom is 0.417 e. The second-order valence-electron chi connectivity index (χ2n) is 7.39. The fraction of sp³-hybridized carbons (Fsp3) is 0.227. The third kappa shape index (κ3) is 3.96. The molecular formula is C22H19F3N7-. The van der Waals surface area contributed by atoms with Gasteiger partial charge in [-0.25, -0.2) is 4.98 Å². The van der Waals surface area contributed by atoms with Gasteiger partial charge in [-0.05, 0) is 18.2 Å². The van der Waals surface area contributed by atoms with E-state index in [-0.39, 0.29) is 17.2 Å². The summed E-state index contributed by atoms with van der Waals surface area (Å²) >= 11 is 0. The third-order valence-electron chi connectivity index (χ3n) is 5.28. The molecule has 32 heavy (non-hydrogen) atoms. The van der Waals surface area contributed by atoms with Crippen molar-refractivity contribution in [1.82, 2.24) is 25.5 Å². The summed E-state index contributed by atoms with van der Waals surface area (Å²) in [5.41, 5.74) is -0.0563. The molecule has 0 spiro atoms. The fourth-order valence-electron chi connectivity index (χ4n) is 3.72. The molecule has 4 aromatic rings. The Morgan fingerprint density at radius 1 is 0.938 bits per heavy atom. The number of halogens is 3. The Morgan fingerprint density at radius 3 is 2.50 bits per heavy atom. The highest BCUT2D eigenvalue weighted by molar-refractivity contribution is 5.93. The van der Waals surface area contributed by atoms with Crippen LogP contribution in [-0.4, -0.2) is 46.3 Å². The summed E-state index contributed by atoms with van der Waals surface area (Å²) in [5.74, 6) is 1.18. The van der Waals surface area contributed by atoms with Crippen molar-refractivity contribution in [3.8, 4) is 11.4 Å². The summed E-state index contributed by atoms with van der Waals surface area (Å²) < 4.78 is 41.0. The Morgan fingerprint density at radius 2 is 1.69 bits per heavy atom. The molecule has 0 saturated carbocycles. The van der Waals surface area contributed by atoms with Gasteiger partial charge in [-0.1, -0.05) is 36.4 Å². The Kier molecular flexibility index (Phi) is 5.14. The third-order valence-corrected chi connectivity index (χ3v) is 5.28. The van der Waals surface area contributed by atoms with Gasteiger partial charge in [0.1, 0.15) is 5.82 Å². The van der Waals surface area contributed by atoms with Crippen LogP contribution in [0.1, 0.15) is 5.56 Å². The number of para-hydroxylation sites is 1. The van der Waals surface area contributed by atoms with Crippen LogP contribution in [0.15, 0.2) is 54.6 Å². The number of alkyl halides is 3. The van der Waals surface area contributed by atoms with Crippen molar-refractivity contribution in [3.05, 3.63) is 65.5 Å². The number of fused-ring (bicyclic) bond motifs is 1. The molecule has 0 bridgehead atoms. The van der Waals surface area contributed by atoms with Crippen LogP contribution < -0.4 is 10.2 Å². The minimum Gasteiger partial charge on any atom is -0.356 e. The van der Waals surface area contributed by atoms with Gasteiger partial charge in [0, 0.05) is 48.8 Å². The van der Waals surface area contributed by atoms with Gasteiger partial charge in [-0.3, -0.25) is 5.10 Å². The van der Waals surface area contributed by atoms with Crippen molar-refractivity contribution in [2.45, 2.75) is 6.18 Å². The maximum atomic E-state index is 13.7. The van der Waals surface area contributed by atoms with Crippen molar-refractivity contribution in [1.29, 1.82) is 0 Å². The van der Waals surface area contributed by atoms with Gasteiger partial charge in [0.05, 0.1) is 16.9 Å². The number of hydrogen-bond donors (Lipinski definition) is 2. The zero-order valence-electron chi connectivity index (χ0n) is 16.9. The number of rotatable bonds is 4. The molecule has 164 valence electrons. The molecule has 0 aliphatic carbocycles. The Balaban J connectivity index is 1.61. The van der Waals surface area contributed by atoms with Gasteiger partial charge in [0.2, 0.25) is 0 Å². The molecule has 5 rings (SSSR count). The first kappa shape index (κ1) is 20.3. The normalized spacial score (nSPS) is 14.7. The lowest BCUT2D eigenvalue weighted by Crippen LogP contribution is -2.43. The number of H-pyrrole nitrogens is 1. The first-order chi connectivity index (χ1) is 15.5. The van der Waals surface area contributed by atoms with Crippen LogP contribution in [-0.2, 0) is 6.18 Å². The van der Waals surface area contributed by atoms with E-state index in [1.54, 1.807) is 12.1 Å². The molecule has 1 aliphatic rings. The van der Waals surface area contributed by atoms with Gasteiger partial charge in [0.25, 0.3) is 0 Å². The molecule has 7 nitrogen and oxygen atoms in total. The minimum atomic E-state index is -4.53. The lowest BCUT2D eigenvalue weighted by Gasteiger charge is -2.30. The van der Waals surface area contributed by atoms with Crippen LogP contribution in [0.25, 0.3) is 27.6 Å². The molecule has 2 aromatic carbocycles. The first-order valence-corrected chi connectivity index (χ1v) is 10.2. The largest absolute Gasteiger partial charge is 0.417 e. The standard InChI is InChI=1S/C22H19F3N7/c23-22(24,25)16-7-3-1-5-14(16)20-27-18(13-19(29-20)32-11-9-26-10-12-32)28-21-15-6-2-4-8-17(15)30-31-21/h1-8,13,26H,9-12H2,(H-,27,28,29,30,31)/q-1. The zero-order valence-corrected chi connectivity index (χ0v) is 16.9. The van der Waals surface area contributed by atoms with E-state index in [0.717, 1.165) is 30.1 Å². The van der Waals surface area contributed by atoms with Gasteiger partial charge in [-0.2, -0.15) is 13.2 Å². The van der Waals surface area contributed by atoms with E-state index < -0.39 is 11.7 Å². The summed E-state index contributed by atoms with van der Waals surface area (Å²) in [7, 11) is 0. The van der Waals surface area contributed by atoms with Crippen LogP contribution in [0.2, 0.25) is 0 Å². The van der Waals surface area contributed by atoms with Crippen molar-refractivity contribution in [2.75, 3.05) is 31.1 Å². The molecule has 1 fully saturated rings. The number of anilines is 1. The minimum absolute atomic E-state index is 0.0208. The lowest BCUT2D eigenvalue weighted by molar-refractivity contribution is -0.137. The molecule has 0 unspecified atom stereocenters. The highest BCUT2D eigenvalue weighted by Gasteiger charge is 2.33. The number of benzene rings is 2. The molecule has 0 atom stereocenters. The highest BCUT2D eigenvalue weighted by atomic mass is 19.4. The van der Waals surface area contributed by atoms with Crippen LogP contribution in [0.4, 0.5) is 30.6 Å². The predicted octanol–water partition coefficient (Wildman–Crippen LogP) is 4.79. The molecule has 1 aliphatic heterocycles. The van der Waals surface area contributed by atoms with E-state index in [1.165, 1.54) is 12.1 Å². The molecule has 3 heterocycles. The average molecular weight is 438 g/mol. The number of aromatic amines is 1. The van der Waals surface area contributed by atoms with Crippen LogP contribution in [0.5, 0.6) is 0 Å². The number of nitrogens with one attached hydrogen (secondary N) is 2. The molecule has 1 saturated heterocycles. The smallest absolute Gasteiger partial charge is 0.356 e. The molecule has 2 N–H and O–H groups in total. The average Bonchev–Trinajstić information content (AvgIpc) is 3.22. The number of piperazine rings is 1. The molecule has 10 heteroatoms. The van der Waals surface area contributed by atoms with E-state index >= 15 is 0 Å². The quantitative estimate of drug-likeness (QED) is 0.479. The number of hydrogen-bond acceptors (Lipinski definition) is 5. The van der Waals surface area contributed by atoms with E-state index in [9.17, 15) is 13.2 Å². The van der Waals surface area contributed by atoms with Crippen molar-refractivity contribution >= 4 is 28.4 Å². The van der Waals surface area contributed by atoms with Crippen molar-refractivity contribution in [2.24, 2.45) is 0 Å². The molecular weight excluding hydrogens is 419 g/mol. The summed E-state index contributed by atoms with van der Waals surface area (Å²) in [5, 5.41) is 15.7. The summed E-state index contributed by atoms with van der Waals surface area (Å²) in [4.78, 5) is 10.9.